The maximum Gasteiger partial charge on any atom is 0.362 e. The van der Waals surface area contributed by atoms with Crippen molar-refractivity contribution in [3.63, 3.8) is 0 Å². The van der Waals surface area contributed by atoms with Crippen LogP contribution in [0.4, 0.5) is 5.69 Å². The van der Waals surface area contributed by atoms with E-state index >= 15 is 0 Å². The Kier molecular flexibility index (Phi) is 8.43. The standard InChI is InChI=1S/C45H59N2O9.BrH/c1-4-26-27-18-33-38-44(31-7-5-6-8-32(31)46(38)3)20-34(37(27)39(44)51)47(33,40(26)52)21-36(50)56-25-9-14-42(23-48)29-10-13-41(2)28(24-17-35(49)55-22-24)12-16-45(41,54)30(29)11-15-43(42,53)19-25;/h5-8,17,23,25-30,33-34,37-40,51-54H,4,9-16,18-22H2,1-3H3;1H/q+1;/p-1/t25?,26?,27?,28?,29-,30+,33?,34?,37?,38?,39?,40+,41?,42?,43?,44?,45?,47?;/m0./s1. The average Bonchev–Trinajstić information content (AvgIpc) is 3.86. The third-order valence-corrected chi connectivity index (χ3v) is 19.6. The molecule has 0 radical (unpaired) electrons. The van der Waals surface area contributed by atoms with Crippen LogP contribution in [0, 0.1) is 46.3 Å². The molecule has 1 aromatic carbocycles. The topological polar surface area (TPSA) is 154 Å². The Bertz CT molecular complexity index is 1950. The minimum absolute atomic E-state index is 0. The van der Waals surface area contributed by atoms with E-state index < -0.39 is 45.9 Å². The van der Waals surface area contributed by atoms with Gasteiger partial charge in [-0.15, -0.1) is 0 Å². The van der Waals surface area contributed by atoms with Gasteiger partial charge < -0.3 is 56.6 Å². The van der Waals surface area contributed by atoms with Crippen molar-refractivity contribution in [3.05, 3.63) is 41.5 Å². The minimum atomic E-state index is -1.37. The van der Waals surface area contributed by atoms with Crippen LogP contribution in [0.25, 0.3) is 0 Å². The van der Waals surface area contributed by atoms with Crippen molar-refractivity contribution in [2.24, 2.45) is 46.3 Å². The number of likely N-dealkylation sites (N-methyl/N-ethyl adjacent to an activating group) is 1. The lowest BCUT2D eigenvalue weighted by molar-refractivity contribution is -1.03. The van der Waals surface area contributed by atoms with Crippen LogP contribution in [0.15, 0.2) is 35.9 Å². The number of benzene rings is 1. The Morgan fingerprint density at radius 1 is 1.04 bits per heavy atom. The Balaban J connectivity index is 0.00000396. The van der Waals surface area contributed by atoms with E-state index in [2.05, 4.69) is 44.0 Å². The first-order valence-electron chi connectivity index (χ1n) is 21.8. The van der Waals surface area contributed by atoms with Gasteiger partial charge in [-0.05, 0) is 98.7 Å². The number of fused-ring (bicyclic) bond motifs is 7. The summed E-state index contributed by atoms with van der Waals surface area (Å²) in [5.74, 6) is -0.852. The zero-order chi connectivity index (χ0) is 38.9. The second-order valence-electron chi connectivity index (χ2n) is 20.6. The summed E-state index contributed by atoms with van der Waals surface area (Å²) in [6.07, 6.45) is 7.72. The number of ether oxygens (including phenoxy) is 2. The second kappa shape index (κ2) is 12.4. The fourth-order valence-electron chi connectivity index (χ4n) is 17.6. The van der Waals surface area contributed by atoms with Crippen LogP contribution < -0.4 is 21.9 Å². The number of esters is 2. The van der Waals surface area contributed by atoms with Gasteiger partial charge in [0.2, 0.25) is 0 Å². The van der Waals surface area contributed by atoms with Crippen LogP contribution in [0.2, 0.25) is 0 Å². The summed E-state index contributed by atoms with van der Waals surface area (Å²) in [6.45, 7) is 4.56. The van der Waals surface area contributed by atoms with Crippen LogP contribution in [0.5, 0.6) is 0 Å². The van der Waals surface area contributed by atoms with Crippen molar-refractivity contribution in [2.75, 3.05) is 25.1 Å². The number of aliphatic hydroxyl groups is 4. The molecule has 5 bridgehead atoms. The molecule has 6 heterocycles. The molecule has 5 aliphatic carbocycles. The largest absolute Gasteiger partial charge is 1.00 e. The molecule has 5 saturated carbocycles. The number of aliphatic hydroxyl groups excluding tert-OH is 2. The van der Waals surface area contributed by atoms with Crippen molar-refractivity contribution in [1.82, 2.24) is 0 Å². The number of piperidine rings is 4. The summed E-state index contributed by atoms with van der Waals surface area (Å²) in [5.41, 5.74) is -1.04. The van der Waals surface area contributed by atoms with E-state index in [1.165, 1.54) is 5.56 Å². The minimum Gasteiger partial charge on any atom is -1.00 e. The van der Waals surface area contributed by atoms with Crippen LogP contribution >= 0.6 is 0 Å². The highest BCUT2D eigenvalue weighted by atomic mass is 79.9. The summed E-state index contributed by atoms with van der Waals surface area (Å²) in [4.78, 5) is 42.3. The zero-order valence-electron chi connectivity index (χ0n) is 33.4. The highest BCUT2D eigenvalue weighted by Crippen LogP contribution is 2.73. The van der Waals surface area contributed by atoms with Gasteiger partial charge >= 0.3 is 11.9 Å². The molecule has 11 aliphatic rings. The van der Waals surface area contributed by atoms with E-state index in [4.69, 9.17) is 9.47 Å². The zero-order valence-corrected chi connectivity index (χ0v) is 35.0. The third-order valence-electron chi connectivity index (χ3n) is 19.6. The van der Waals surface area contributed by atoms with E-state index in [9.17, 15) is 34.8 Å². The van der Waals surface area contributed by atoms with Gasteiger partial charge in [-0.2, -0.15) is 0 Å². The number of rotatable bonds is 6. The third kappa shape index (κ3) is 4.34. The summed E-state index contributed by atoms with van der Waals surface area (Å²) < 4.78 is 11.9. The van der Waals surface area contributed by atoms with Gasteiger partial charge in [0.25, 0.3) is 0 Å². The van der Waals surface area contributed by atoms with Gasteiger partial charge in [0.05, 0.1) is 40.2 Å². The van der Waals surface area contributed by atoms with Gasteiger partial charge in [-0.3, -0.25) is 4.48 Å². The smallest absolute Gasteiger partial charge is 0.362 e. The molecule has 57 heavy (non-hydrogen) atoms. The highest BCUT2D eigenvalue weighted by molar-refractivity contribution is 5.85. The van der Waals surface area contributed by atoms with Gasteiger partial charge in [0, 0.05) is 55.3 Å². The molecule has 4 N–H and O–H groups in total. The number of aldehydes is 1. The Hall–Kier alpha value is -2.35. The molecule has 1 spiro atoms. The predicted octanol–water partition coefficient (Wildman–Crippen LogP) is 0.536. The summed E-state index contributed by atoms with van der Waals surface area (Å²) in [7, 11) is 2.11. The number of hydrogen-bond acceptors (Lipinski definition) is 10. The van der Waals surface area contributed by atoms with Crippen LogP contribution in [0.3, 0.4) is 0 Å². The molecule has 6 aliphatic heterocycles. The van der Waals surface area contributed by atoms with Crippen LogP contribution in [0.1, 0.15) is 96.5 Å². The van der Waals surface area contributed by atoms with Crippen molar-refractivity contribution in [3.8, 4) is 0 Å². The number of carbonyl (C=O) groups is 3. The molecule has 11 nitrogen and oxygen atoms in total. The van der Waals surface area contributed by atoms with E-state index in [-0.39, 0.29) is 107 Å². The van der Waals surface area contributed by atoms with Crippen molar-refractivity contribution in [2.45, 2.75) is 144 Å². The first-order chi connectivity index (χ1) is 26.7. The van der Waals surface area contributed by atoms with E-state index in [0.29, 0.717) is 44.9 Å². The van der Waals surface area contributed by atoms with Crippen LogP contribution in [-0.2, 0) is 29.3 Å². The average molecular weight is 852 g/mol. The van der Waals surface area contributed by atoms with E-state index in [1.54, 1.807) is 6.08 Å². The van der Waals surface area contributed by atoms with Gasteiger partial charge in [0.1, 0.15) is 25.0 Å². The number of anilines is 1. The molecule has 15 unspecified atom stereocenters. The summed E-state index contributed by atoms with van der Waals surface area (Å²) >= 11 is 0. The fourth-order valence-corrected chi connectivity index (χ4v) is 17.6. The number of carbonyl (C=O) groups excluding carboxylic acids is 3. The van der Waals surface area contributed by atoms with E-state index in [0.717, 1.165) is 43.2 Å². The molecule has 18 atom stereocenters. The van der Waals surface area contributed by atoms with Gasteiger partial charge in [-0.25, -0.2) is 9.59 Å². The Morgan fingerprint density at radius 3 is 2.54 bits per heavy atom. The SMILES string of the molecule is CCC1C2CC3C4N(C)c5ccccc5C45CC(C2C5O)[N+]3(CC(=O)OC2CCC3(C=O)[C@H]4CCC5(C)C(C6=CC(=O)OC6)CCC5(O)[C@@H]4CCC3(O)C2)[C@@H]1O.[Br-]. The Morgan fingerprint density at radius 2 is 1.81 bits per heavy atom. The lowest BCUT2D eigenvalue weighted by atomic mass is 9.41. The number of hydrogen-bond donors (Lipinski definition) is 4. The monoisotopic (exact) mass is 850 g/mol. The molecule has 12 rings (SSSR count). The number of para-hydroxylation sites is 1. The molecule has 1 aromatic rings. The number of halogens is 1. The summed E-state index contributed by atoms with van der Waals surface area (Å²) in [5, 5.41) is 50.1. The molecule has 0 amide bonds. The number of cyclic esters (lactones) is 1. The maximum absolute atomic E-state index is 14.5. The van der Waals surface area contributed by atoms with Crippen molar-refractivity contribution in [1.29, 1.82) is 0 Å². The highest BCUT2D eigenvalue weighted by Gasteiger charge is 2.83. The summed E-state index contributed by atoms with van der Waals surface area (Å²) in [6, 6.07) is 8.28. The predicted molar refractivity (Wildman–Crippen MR) is 202 cm³/mol. The quantitative estimate of drug-likeness (QED) is 0.181. The first-order valence-corrected chi connectivity index (χ1v) is 21.8. The Labute approximate surface area is 345 Å². The van der Waals surface area contributed by atoms with Crippen LogP contribution in [-0.4, -0.2) is 111 Å². The molecule has 12 heteroatoms. The lowest BCUT2D eigenvalue weighted by Gasteiger charge is -2.67. The van der Waals surface area contributed by atoms with Crippen molar-refractivity contribution < 1.29 is 65.7 Å². The molecule has 4 saturated heterocycles. The second-order valence-corrected chi connectivity index (χ2v) is 20.6. The number of quaternary nitrogens is 1. The van der Waals surface area contributed by atoms with Gasteiger partial charge in [0.15, 0.2) is 12.8 Å². The lowest BCUT2D eigenvalue weighted by Crippen LogP contribution is -3.00. The fraction of sp³-hybridized carbons (Fsp3) is 0.756. The molecule has 310 valence electrons. The first kappa shape index (κ1) is 38.8. The molecular weight excluding hydrogens is 792 g/mol. The molecule has 0 aromatic heterocycles. The molecular formula is C45H59BrN2O9. The molecule has 9 fully saturated rings. The number of nitrogens with zero attached hydrogens (tertiary/aromatic N) is 2. The normalized spacial score (nSPS) is 53.1. The maximum atomic E-state index is 14.5. The van der Waals surface area contributed by atoms with Gasteiger partial charge in [-0.1, -0.05) is 32.0 Å². The van der Waals surface area contributed by atoms with E-state index in [1.807, 2.05) is 6.07 Å². The van der Waals surface area contributed by atoms with Crippen molar-refractivity contribution >= 4 is 23.9 Å².